The van der Waals surface area contributed by atoms with Crippen molar-refractivity contribution in [1.29, 1.82) is 0 Å². The fourth-order valence-electron chi connectivity index (χ4n) is 5.97. The van der Waals surface area contributed by atoms with Crippen molar-refractivity contribution in [3.63, 3.8) is 0 Å². The van der Waals surface area contributed by atoms with E-state index in [0.717, 1.165) is 12.1 Å². The maximum atomic E-state index is 13.7. The fourth-order valence-corrected chi connectivity index (χ4v) is 6.44. The Balaban J connectivity index is 3.00. The van der Waals surface area contributed by atoms with Crippen LogP contribution in [0.25, 0.3) is 0 Å². The maximum absolute atomic E-state index is 13.7. The summed E-state index contributed by atoms with van der Waals surface area (Å²) >= 11 is 1.60. The average Bonchev–Trinajstić information content (AvgIpc) is 3.31. The van der Waals surface area contributed by atoms with Gasteiger partial charge in [0.05, 0.1) is 18.2 Å². The van der Waals surface area contributed by atoms with E-state index in [2.05, 4.69) is 34.3 Å². The molecule has 1 aliphatic rings. The molecule has 5 N–H and O–H groups in total. The van der Waals surface area contributed by atoms with Crippen molar-refractivity contribution in [2.45, 2.75) is 139 Å². The van der Waals surface area contributed by atoms with Crippen molar-refractivity contribution in [2.75, 3.05) is 18.6 Å². The lowest BCUT2D eigenvalue weighted by molar-refractivity contribution is -0.133. The van der Waals surface area contributed by atoms with Gasteiger partial charge in [0, 0.05) is 24.1 Å². The molecular formula is C37H67N5O5S. The van der Waals surface area contributed by atoms with Gasteiger partial charge in [-0.25, -0.2) is 0 Å². The molecule has 7 atom stereocenters. The number of carbonyl (C=O) groups is 4. The van der Waals surface area contributed by atoms with Crippen LogP contribution in [-0.2, 0) is 19.2 Å². The van der Waals surface area contributed by atoms with Crippen LogP contribution in [-0.4, -0.2) is 83.3 Å². The van der Waals surface area contributed by atoms with E-state index < -0.39 is 30.1 Å². The summed E-state index contributed by atoms with van der Waals surface area (Å²) in [5.41, 5.74) is 2.22. The molecule has 0 aromatic carbocycles. The minimum atomic E-state index is -1.00. The van der Waals surface area contributed by atoms with Crippen LogP contribution >= 0.6 is 11.8 Å². The molecule has 1 aliphatic heterocycles. The molecule has 276 valence electrons. The molecule has 0 aromatic heterocycles. The average molecular weight is 694 g/mol. The molecule has 1 rings (SSSR count). The van der Waals surface area contributed by atoms with Crippen LogP contribution < -0.4 is 21.3 Å². The van der Waals surface area contributed by atoms with Crippen molar-refractivity contribution in [3.05, 3.63) is 11.6 Å². The van der Waals surface area contributed by atoms with Gasteiger partial charge in [-0.3, -0.25) is 24.2 Å². The number of thioether (sulfide) groups is 1. The predicted molar refractivity (Wildman–Crippen MR) is 199 cm³/mol. The Morgan fingerprint density at radius 2 is 1.46 bits per heavy atom. The number of amides is 4. The van der Waals surface area contributed by atoms with E-state index >= 15 is 0 Å². The van der Waals surface area contributed by atoms with Gasteiger partial charge in [-0.05, 0) is 93.3 Å². The first-order chi connectivity index (χ1) is 22.4. The molecule has 11 heteroatoms. The second kappa shape index (κ2) is 21.6. The van der Waals surface area contributed by atoms with Gasteiger partial charge in [0.25, 0.3) is 0 Å². The molecule has 10 nitrogen and oxygen atoms in total. The number of aliphatic hydroxyl groups excluding tert-OH is 1. The van der Waals surface area contributed by atoms with Crippen LogP contribution in [0.3, 0.4) is 0 Å². The summed E-state index contributed by atoms with van der Waals surface area (Å²) in [6.45, 7) is 22.2. The number of rotatable bonds is 22. The smallest absolute Gasteiger partial charge is 0.242 e. The Hall–Kier alpha value is -2.40. The number of hydrogen-bond donors (Lipinski definition) is 5. The Morgan fingerprint density at radius 3 is 1.96 bits per heavy atom. The zero-order valence-corrected chi connectivity index (χ0v) is 32.6. The number of hydrogen-bond acceptors (Lipinski definition) is 7. The van der Waals surface area contributed by atoms with Crippen LogP contribution in [0.5, 0.6) is 0 Å². The van der Waals surface area contributed by atoms with Gasteiger partial charge < -0.3 is 26.4 Å². The molecular weight excluding hydrogens is 627 g/mol. The van der Waals surface area contributed by atoms with E-state index in [0.29, 0.717) is 31.6 Å². The summed E-state index contributed by atoms with van der Waals surface area (Å²) in [5, 5.41) is 23.2. The topological polar surface area (TPSA) is 149 Å². The zero-order valence-electron chi connectivity index (χ0n) is 31.8. The van der Waals surface area contributed by atoms with E-state index in [1.165, 1.54) is 5.57 Å². The van der Waals surface area contributed by atoms with Crippen LogP contribution in [0.2, 0.25) is 0 Å². The van der Waals surface area contributed by atoms with E-state index in [9.17, 15) is 24.3 Å². The van der Waals surface area contributed by atoms with E-state index in [-0.39, 0.29) is 65.7 Å². The van der Waals surface area contributed by atoms with Gasteiger partial charge in [-0.2, -0.15) is 11.8 Å². The van der Waals surface area contributed by atoms with Gasteiger partial charge in [0.1, 0.15) is 12.1 Å². The second-order valence-corrected chi connectivity index (χ2v) is 16.2. The summed E-state index contributed by atoms with van der Waals surface area (Å²) in [4.78, 5) is 58.0. The minimum absolute atomic E-state index is 0.0877. The second-order valence-electron chi connectivity index (χ2n) is 15.3. The van der Waals surface area contributed by atoms with Gasteiger partial charge >= 0.3 is 0 Å². The quantitative estimate of drug-likeness (QED) is 0.109. The lowest BCUT2D eigenvalue weighted by atomic mass is 9.87. The zero-order chi connectivity index (χ0) is 36.7. The molecule has 3 unspecified atom stereocenters. The molecule has 1 heterocycles. The monoisotopic (exact) mass is 693 g/mol. The summed E-state index contributed by atoms with van der Waals surface area (Å²) in [7, 11) is 0. The molecule has 0 aliphatic carbocycles. The molecule has 0 saturated heterocycles. The Kier molecular flexibility index (Phi) is 19.7. The lowest BCUT2D eigenvalue weighted by Crippen LogP contribution is -2.55. The highest BCUT2D eigenvalue weighted by molar-refractivity contribution is 7.98. The van der Waals surface area contributed by atoms with Crippen molar-refractivity contribution in [1.82, 2.24) is 21.3 Å². The fraction of sp³-hybridized carbons (Fsp3) is 0.811. The molecule has 48 heavy (non-hydrogen) atoms. The molecule has 4 amide bonds. The normalized spacial score (nSPS) is 18.6. The number of nitrogens with one attached hydrogen (secondary N) is 4. The van der Waals surface area contributed by atoms with Gasteiger partial charge in [0.15, 0.2) is 0 Å². The summed E-state index contributed by atoms with van der Waals surface area (Å²) in [6.07, 6.45) is 5.54. The van der Waals surface area contributed by atoms with Gasteiger partial charge in [-0.1, -0.05) is 62.3 Å². The molecule has 0 radical (unpaired) electrons. The summed E-state index contributed by atoms with van der Waals surface area (Å²) in [6, 6.07) is -1.96. The highest BCUT2D eigenvalue weighted by Gasteiger charge is 2.33. The first-order valence-corrected chi connectivity index (χ1v) is 19.3. The Morgan fingerprint density at radius 1 is 0.812 bits per heavy atom. The number of aliphatic imine (C=N–C) groups is 1. The summed E-state index contributed by atoms with van der Waals surface area (Å²) in [5.74, 6) is -0.794. The standard InChI is InChI=1S/C37H67N5O5S/c1-21(2)17-31(32(43)19-26(10)34(44)42-33(24(7)8)37(47)38-20-22(3)4)41-36(46)30(15-16-48-12)40-35(45)28(23(5)6)13-14-29-25(9)18-27(11)39-29/h18,21-24,26,28-33,43H,13-17,19-20H2,1-12H3,(H,38,47)(H,40,45)(H,41,46)(H,42,44)/t26-,28?,29?,30+,31+,32?,33+/m1/s1. The maximum Gasteiger partial charge on any atom is 0.242 e. The lowest BCUT2D eigenvalue weighted by Gasteiger charge is -2.31. The molecule has 0 bridgehead atoms. The van der Waals surface area contributed by atoms with Gasteiger partial charge in [-0.15, -0.1) is 0 Å². The third kappa shape index (κ3) is 15.4. The number of nitrogens with zero attached hydrogens (tertiary/aromatic N) is 1. The highest BCUT2D eigenvalue weighted by Crippen LogP contribution is 2.25. The van der Waals surface area contributed by atoms with Crippen molar-refractivity contribution in [3.8, 4) is 0 Å². The van der Waals surface area contributed by atoms with Crippen molar-refractivity contribution < 1.29 is 24.3 Å². The van der Waals surface area contributed by atoms with E-state index in [1.807, 2.05) is 68.6 Å². The number of aliphatic hydroxyl groups is 1. The minimum Gasteiger partial charge on any atom is -0.391 e. The number of allylic oxidation sites excluding steroid dienone is 1. The third-order valence-electron chi connectivity index (χ3n) is 8.95. The molecule has 0 saturated carbocycles. The SMILES string of the molecule is CSCC[C@H](NC(=O)C(CCC1N=C(C)C=C1C)C(C)C)C(=O)N[C@@H](CC(C)C)C(O)C[C@@H](C)C(=O)N[C@H](C(=O)NCC(C)C)C(C)C. The van der Waals surface area contributed by atoms with Gasteiger partial charge in [0.2, 0.25) is 23.6 Å². The molecule has 0 spiro atoms. The van der Waals surface area contributed by atoms with Crippen LogP contribution in [0.4, 0.5) is 0 Å². The Bertz CT molecular complexity index is 1110. The first kappa shape index (κ1) is 43.6. The molecule has 0 fully saturated rings. The first-order valence-electron chi connectivity index (χ1n) is 18.0. The largest absolute Gasteiger partial charge is 0.391 e. The van der Waals surface area contributed by atoms with E-state index in [4.69, 9.17) is 4.99 Å². The van der Waals surface area contributed by atoms with Crippen molar-refractivity contribution in [2.24, 2.45) is 40.5 Å². The molecule has 0 aromatic rings. The van der Waals surface area contributed by atoms with Crippen LogP contribution in [0.15, 0.2) is 16.6 Å². The van der Waals surface area contributed by atoms with Crippen LogP contribution in [0.1, 0.15) is 108 Å². The van der Waals surface area contributed by atoms with Crippen molar-refractivity contribution >= 4 is 41.1 Å². The highest BCUT2D eigenvalue weighted by atomic mass is 32.2. The van der Waals surface area contributed by atoms with Crippen LogP contribution in [0, 0.1) is 35.5 Å². The number of carbonyl (C=O) groups excluding carboxylic acids is 4. The third-order valence-corrected chi connectivity index (χ3v) is 9.59. The summed E-state index contributed by atoms with van der Waals surface area (Å²) < 4.78 is 0. The van der Waals surface area contributed by atoms with E-state index in [1.54, 1.807) is 18.7 Å². The predicted octanol–water partition coefficient (Wildman–Crippen LogP) is 4.90. The Labute approximate surface area is 295 Å².